The minimum atomic E-state index is 0.0486. The monoisotopic (exact) mass is 264 g/mol. The molecule has 0 aliphatic carbocycles. The lowest BCUT2D eigenvalue weighted by Gasteiger charge is -2.10. The zero-order valence-corrected chi connectivity index (χ0v) is 11.3. The number of methoxy groups -OCH3 is 1. The molecule has 0 fully saturated rings. The van der Waals surface area contributed by atoms with Gasteiger partial charge in [0.15, 0.2) is 0 Å². The molecule has 1 aromatic carbocycles. The van der Waals surface area contributed by atoms with Gasteiger partial charge in [-0.25, -0.2) is 0 Å². The Bertz CT molecular complexity index is 534. The molecular weight excluding hydrogens is 248 g/mol. The fourth-order valence-corrected chi connectivity index (χ4v) is 2.09. The van der Waals surface area contributed by atoms with Crippen molar-refractivity contribution < 1.29 is 4.74 Å². The van der Waals surface area contributed by atoms with Gasteiger partial charge in [0.25, 0.3) is 0 Å². The lowest BCUT2D eigenvalue weighted by molar-refractivity contribution is 0.408. The minimum absolute atomic E-state index is 0.0486. The van der Waals surface area contributed by atoms with Crippen LogP contribution in [0.25, 0.3) is 0 Å². The SMILES string of the molecule is COc1ccc(Cl)cc1Cn1ccc(C(C)N)c1. The van der Waals surface area contributed by atoms with Crippen molar-refractivity contribution >= 4 is 11.6 Å². The Morgan fingerprint density at radius 3 is 2.78 bits per heavy atom. The first-order chi connectivity index (χ1) is 8.60. The molecule has 96 valence electrons. The molecule has 1 aromatic heterocycles. The molecule has 0 radical (unpaired) electrons. The third-order valence-electron chi connectivity index (χ3n) is 2.89. The lowest BCUT2D eigenvalue weighted by atomic mass is 10.2. The van der Waals surface area contributed by atoms with Gasteiger partial charge in [0.1, 0.15) is 5.75 Å². The van der Waals surface area contributed by atoms with Crippen molar-refractivity contribution in [1.82, 2.24) is 4.57 Å². The second-order valence-electron chi connectivity index (χ2n) is 4.36. The van der Waals surface area contributed by atoms with Gasteiger partial charge in [-0.2, -0.15) is 0 Å². The zero-order chi connectivity index (χ0) is 13.1. The zero-order valence-electron chi connectivity index (χ0n) is 10.6. The molecule has 3 nitrogen and oxygen atoms in total. The van der Waals surface area contributed by atoms with E-state index < -0.39 is 0 Å². The number of nitrogens with zero attached hydrogens (tertiary/aromatic N) is 1. The largest absolute Gasteiger partial charge is 0.496 e. The highest BCUT2D eigenvalue weighted by molar-refractivity contribution is 6.30. The molecule has 0 saturated carbocycles. The van der Waals surface area contributed by atoms with E-state index in [2.05, 4.69) is 4.57 Å². The Morgan fingerprint density at radius 2 is 2.17 bits per heavy atom. The molecule has 18 heavy (non-hydrogen) atoms. The van der Waals surface area contributed by atoms with Crippen LogP contribution in [0.4, 0.5) is 0 Å². The highest BCUT2D eigenvalue weighted by atomic mass is 35.5. The number of aromatic nitrogens is 1. The third-order valence-corrected chi connectivity index (χ3v) is 3.13. The number of rotatable bonds is 4. The predicted octanol–water partition coefficient (Wildman–Crippen LogP) is 3.22. The number of hydrogen-bond donors (Lipinski definition) is 1. The summed E-state index contributed by atoms with van der Waals surface area (Å²) in [5.74, 6) is 0.843. The van der Waals surface area contributed by atoms with E-state index in [0.717, 1.165) is 23.4 Å². The topological polar surface area (TPSA) is 40.2 Å². The van der Waals surface area contributed by atoms with Crippen LogP contribution in [-0.2, 0) is 6.54 Å². The van der Waals surface area contributed by atoms with E-state index in [4.69, 9.17) is 22.1 Å². The Morgan fingerprint density at radius 1 is 1.39 bits per heavy atom. The van der Waals surface area contributed by atoms with Gasteiger partial charge in [-0.05, 0) is 36.8 Å². The molecule has 0 amide bonds. The molecule has 1 unspecified atom stereocenters. The van der Waals surface area contributed by atoms with Crippen LogP contribution >= 0.6 is 11.6 Å². The van der Waals surface area contributed by atoms with Crippen LogP contribution in [0, 0.1) is 0 Å². The van der Waals surface area contributed by atoms with Crippen LogP contribution in [0.2, 0.25) is 5.02 Å². The summed E-state index contributed by atoms with van der Waals surface area (Å²) in [6, 6.07) is 7.71. The summed E-state index contributed by atoms with van der Waals surface area (Å²) in [5.41, 5.74) is 8.02. The van der Waals surface area contributed by atoms with E-state index in [1.165, 1.54) is 0 Å². The van der Waals surface area contributed by atoms with E-state index in [9.17, 15) is 0 Å². The van der Waals surface area contributed by atoms with Gasteiger partial charge in [0.2, 0.25) is 0 Å². The van der Waals surface area contributed by atoms with Crippen molar-refractivity contribution in [3.63, 3.8) is 0 Å². The lowest BCUT2D eigenvalue weighted by Crippen LogP contribution is -2.04. The number of benzene rings is 1. The van der Waals surface area contributed by atoms with Crippen LogP contribution < -0.4 is 10.5 Å². The second-order valence-corrected chi connectivity index (χ2v) is 4.80. The van der Waals surface area contributed by atoms with Crippen molar-refractivity contribution in [2.24, 2.45) is 5.73 Å². The Balaban J connectivity index is 2.24. The molecule has 0 saturated heterocycles. The number of ether oxygens (including phenoxy) is 1. The summed E-state index contributed by atoms with van der Waals surface area (Å²) in [4.78, 5) is 0. The van der Waals surface area contributed by atoms with Crippen LogP contribution in [0.3, 0.4) is 0 Å². The van der Waals surface area contributed by atoms with E-state index in [1.54, 1.807) is 7.11 Å². The summed E-state index contributed by atoms with van der Waals surface area (Å²) < 4.78 is 7.41. The van der Waals surface area contributed by atoms with Crippen LogP contribution in [0.15, 0.2) is 36.7 Å². The summed E-state index contributed by atoms with van der Waals surface area (Å²) in [5, 5.41) is 0.713. The van der Waals surface area contributed by atoms with Gasteiger partial charge in [-0.3, -0.25) is 0 Å². The van der Waals surface area contributed by atoms with Crippen molar-refractivity contribution in [3.8, 4) is 5.75 Å². The fourth-order valence-electron chi connectivity index (χ4n) is 1.89. The molecule has 0 spiro atoms. The van der Waals surface area contributed by atoms with Crippen molar-refractivity contribution in [1.29, 1.82) is 0 Å². The number of hydrogen-bond acceptors (Lipinski definition) is 2. The summed E-state index contributed by atoms with van der Waals surface area (Å²) in [6.07, 6.45) is 4.06. The second kappa shape index (κ2) is 5.46. The average molecular weight is 265 g/mol. The Hall–Kier alpha value is -1.45. The van der Waals surface area contributed by atoms with Gasteiger partial charge in [0, 0.05) is 29.0 Å². The Kier molecular flexibility index (Phi) is 3.94. The van der Waals surface area contributed by atoms with Crippen molar-refractivity contribution in [2.75, 3.05) is 7.11 Å². The Labute approximate surface area is 112 Å². The first kappa shape index (κ1) is 13.0. The third kappa shape index (κ3) is 2.86. The summed E-state index contributed by atoms with van der Waals surface area (Å²) in [6.45, 7) is 2.69. The normalized spacial score (nSPS) is 12.4. The standard InChI is InChI=1S/C14H17ClN2O/c1-10(16)11-5-6-17(8-11)9-12-7-13(15)3-4-14(12)18-2/h3-8,10H,9,16H2,1-2H3. The van der Waals surface area contributed by atoms with Gasteiger partial charge in [0.05, 0.1) is 13.7 Å². The minimum Gasteiger partial charge on any atom is -0.496 e. The van der Waals surface area contributed by atoms with E-state index >= 15 is 0 Å². The van der Waals surface area contributed by atoms with E-state index in [-0.39, 0.29) is 6.04 Å². The number of halogens is 1. The van der Waals surface area contributed by atoms with Crippen molar-refractivity contribution in [2.45, 2.75) is 19.5 Å². The molecule has 2 rings (SSSR count). The molecule has 1 heterocycles. The summed E-state index contributed by atoms with van der Waals surface area (Å²) in [7, 11) is 1.66. The first-order valence-corrected chi connectivity index (χ1v) is 6.21. The van der Waals surface area contributed by atoms with Crippen molar-refractivity contribution in [3.05, 3.63) is 52.8 Å². The molecule has 0 aliphatic rings. The van der Waals surface area contributed by atoms with Gasteiger partial charge in [-0.1, -0.05) is 11.6 Å². The average Bonchev–Trinajstić information content (AvgIpc) is 2.78. The highest BCUT2D eigenvalue weighted by Gasteiger charge is 2.06. The molecule has 0 bridgehead atoms. The molecule has 1 atom stereocenters. The molecule has 2 aromatic rings. The molecule has 0 aliphatic heterocycles. The molecule has 4 heteroatoms. The molecule has 2 N–H and O–H groups in total. The summed E-state index contributed by atoms with van der Waals surface area (Å²) >= 11 is 6.01. The maximum absolute atomic E-state index is 6.01. The van der Waals surface area contributed by atoms with Gasteiger partial charge >= 0.3 is 0 Å². The van der Waals surface area contributed by atoms with Crippen LogP contribution in [0.5, 0.6) is 5.75 Å². The van der Waals surface area contributed by atoms with E-state index in [1.807, 2.05) is 43.6 Å². The smallest absolute Gasteiger partial charge is 0.123 e. The molecular formula is C14H17ClN2O. The highest BCUT2D eigenvalue weighted by Crippen LogP contribution is 2.24. The van der Waals surface area contributed by atoms with Gasteiger partial charge < -0.3 is 15.0 Å². The van der Waals surface area contributed by atoms with E-state index in [0.29, 0.717) is 5.02 Å². The van der Waals surface area contributed by atoms with Crippen LogP contribution in [0.1, 0.15) is 24.1 Å². The quantitative estimate of drug-likeness (QED) is 0.921. The number of nitrogens with two attached hydrogens (primary N) is 1. The fraction of sp³-hybridized carbons (Fsp3) is 0.286. The predicted molar refractivity (Wildman–Crippen MR) is 74.1 cm³/mol. The first-order valence-electron chi connectivity index (χ1n) is 5.84. The maximum Gasteiger partial charge on any atom is 0.123 e. The van der Waals surface area contributed by atoms with Crippen LogP contribution in [-0.4, -0.2) is 11.7 Å². The van der Waals surface area contributed by atoms with Gasteiger partial charge in [-0.15, -0.1) is 0 Å². The maximum atomic E-state index is 6.01.